The fourth-order valence-corrected chi connectivity index (χ4v) is 2.90. The molecule has 0 saturated carbocycles. The quantitative estimate of drug-likeness (QED) is 0.744. The maximum absolute atomic E-state index is 11.8. The molecule has 2 unspecified atom stereocenters. The average Bonchev–Trinajstić information content (AvgIpc) is 2.65. The van der Waals surface area contributed by atoms with E-state index in [1.807, 2.05) is 54.6 Å². The summed E-state index contributed by atoms with van der Waals surface area (Å²) in [5.74, 6) is 0.689. The molecule has 1 aliphatic rings. The van der Waals surface area contributed by atoms with Crippen LogP contribution in [0.15, 0.2) is 59.1 Å². The van der Waals surface area contributed by atoms with Crippen molar-refractivity contribution in [2.45, 2.75) is 25.2 Å². The summed E-state index contributed by atoms with van der Waals surface area (Å²) in [5, 5.41) is 11.7. The molecule has 1 N–H and O–H groups in total. The predicted octanol–water partition coefficient (Wildman–Crippen LogP) is 3.53. The van der Waals surface area contributed by atoms with Gasteiger partial charge in [0.25, 0.3) is 0 Å². The van der Waals surface area contributed by atoms with E-state index in [4.69, 9.17) is 14.3 Å². The molecular weight excluding hydrogens is 402 g/mol. The number of carbonyl (C=O) groups excluding carboxylic acids is 1. The Bertz CT molecular complexity index is 710. The van der Waals surface area contributed by atoms with Crippen molar-refractivity contribution in [3.63, 3.8) is 0 Å². The third-order valence-corrected chi connectivity index (χ3v) is 4.52. The Morgan fingerprint density at radius 1 is 1.15 bits per heavy atom. The number of carbonyl (C=O) groups is 1. The second kappa shape index (κ2) is 9.02. The molecule has 1 heterocycles. The number of aliphatic hydroxyl groups excluding tert-OH is 1. The zero-order valence-electron chi connectivity index (χ0n) is 14.1. The first kappa shape index (κ1) is 18.7. The van der Waals surface area contributed by atoms with Gasteiger partial charge in [0.05, 0.1) is 6.54 Å². The molecule has 2 atom stereocenters. The van der Waals surface area contributed by atoms with Gasteiger partial charge in [-0.15, -0.1) is 5.06 Å². The van der Waals surface area contributed by atoms with Crippen molar-refractivity contribution in [1.82, 2.24) is 5.06 Å². The van der Waals surface area contributed by atoms with Crippen LogP contribution in [-0.2, 0) is 16.2 Å². The second-order valence-electron chi connectivity index (χ2n) is 5.97. The predicted molar refractivity (Wildman–Crippen MR) is 98.5 cm³/mol. The molecule has 0 bridgehead atoms. The van der Waals surface area contributed by atoms with E-state index in [0.717, 1.165) is 10.0 Å². The first-order valence-corrected chi connectivity index (χ1v) is 9.13. The van der Waals surface area contributed by atoms with E-state index in [-0.39, 0.29) is 19.3 Å². The number of hydrogen-bond acceptors (Lipinski definition) is 6. The standard InChI is InChI=1S/C19H20BrNO5/c20-15-6-8-16(9-7-15)25-18-10-11-21(12-17(18)22)26-19(23)24-13-14-4-2-1-3-5-14/h1-9,17-18,22H,10-13H2. The fraction of sp³-hybridized carbons (Fsp3) is 0.316. The topological polar surface area (TPSA) is 68.2 Å². The van der Waals surface area contributed by atoms with Crippen LogP contribution in [-0.4, -0.2) is 41.6 Å². The highest BCUT2D eigenvalue weighted by molar-refractivity contribution is 9.10. The van der Waals surface area contributed by atoms with Gasteiger partial charge in [0.2, 0.25) is 0 Å². The average molecular weight is 422 g/mol. The molecule has 1 fully saturated rings. The summed E-state index contributed by atoms with van der Waals surface area (Å²) in [7, 11) is 0. The van der Waals surface area contributed by atoms with Gasteiger partial charge in [-0.1, -0.05) is 46.3 Å². The smallest absolute Gasteiger partial charge is 0.488 e. The Labute approximate surface area is 160 Å². The first-order chi connectivity index (χ1) is 12.6. The fourth-order valence-electron chi connectivity index (χ4n) is 2.64. The van der Waals surface area contributed by atoms with Crippen LogP contribution in [0.5, 0.6) is 5.75 Å². The summed E-state index contributed by atoms with van der Waals surface area (Å²) in [6, 6.07) is 16.8. The van der Waals surface area contributed by atoms with Crippen LogP contribution in [0.1, 0.15) is 12.0 Å². The van der Waals surface area contributed by atoms with Crippen molar-refractivity contribution in [1.29, 1.82) is 0 Å². The maximum atomic E-state index is 11.8. The summed E-state index contributed by atoms with van der Waals surface area (Å²) >= 11 is 3.37. The van der Waals surface area contributed by atoms with Gasteiger partial charge >= 0.3 is 6.16 Å². The molecule has 0 radical (unpaired) electrons. The molecule has 2 aromatic rings. The lowest BCUT2D eigenvalue weighted by Gasteiger charge is -2.34. The van der Waals surface area contributed by atoms with Gasteiger partial charge in [-0.05, 0) is 29.8 Å². The molecule has 1 aliphatic heterocycles. The van der Waals surface area contributed by atoms with Gasteiger partial charge in [0, 0.05) is 17.4 Å². The van der Waals surface area contributed by atoms with E-state index in [2.05, 4.69) is 15.9 Å². The zero-order chi connectivity index (χ0) is 18.4. The number of nitrogens with zero attached hydrogens (tertiary/aromatic N) is 1. The van der Waals surface area contributed by atoms with Gasteiger partial charge in [0.15, 0.2) is 0 Å². The van der Waals surface area contributed by atoms with E-state index >= 15 is 0 Å². The molecule has 7 heteroatoms. The number of rotatable bonds is 5. The lowest BCUT2D eigenvalue weighted by Crippen LogP contribution is -2.49. The van der Waals surface area contributed by atoms with E-state index in [0.29, 0.717) is 18.7 Å². The Morgan fingerprint density at radius 3 is 2.58 bits per heavy atom. The van der Waals surface area contributed by atoms with Crippen molar-refractivity contribution in [2.24, 2.45) is 0 Å². The van der Waals surface area contributed by atoms with Crippen molar-refractivity contribution in [3.05, 3.63) is 64.6 Å². The van der Waals surface area contributed by atoms with Gasteiger partial charge < -0.3 is 19.4 Å². The lowest BCUT2D eigenvalue weighted by molar-refractivity contribution is -0.175. The molecular formula is C19H20BrNO5. The lowest BCUT2D eigenvalue weighted by atomic mass is 10.1. The van der Waals surface area contributed by atoms with Crippen LogP contribution in [0.2, 0.25) is 0 Å². The number of aliphatic hydroxyl groups is 1. The number of hydrogen-bond donors (Lipinski definition) is 1. The maximum Gasteiger partial charge on any atom is 0.528 e. The number of hydroxylamine groups is 2. The summed E-state index contributed by atoms with van der Waals surface area (Å²) in [6.45, 7) is 0.770. The Morgan fingerprint density at radius 2 is 1.88 bits per heavy atom. The third-order valence-electron chi connectivity index (χ3n) is 3.99. The molecule has 1 saturated heterocycles. The van der Waals surface area contributed by atoms with Crippen LogP contribution in [0.25, 0.3) is 0 Å². The number of halogens is 1. The molecule has 0 spiro atoms. The molecule has 138 valence electrons. The Balaban J connectivity index is 1.43. The number of benzene rings is 2. The molecule has 6 nitrogen and oxygen atoms in total. The van der Waals surface area contributed by atoms with Gasteiger partial charge in [-0.2, -0.15) is 0 Å². The second-order valence-corrected chi connectivity index (χ2v) is 6.89. The summed E-state index contributed by atoms with van der Waals surface area (Å²) < 4.78 is 11.9. The molecule has 3 rings (SSSR count). The van der Waals surface area contributed by atoms with Crippen molar-refractivity contribution in [3.8, 4) is 5.75 Å². The number of β-amino-alcohol motifs (C(OH)–C–C–N with tert-alkyl or cyclic N) is 1. The summed E-state index contributed by atoms with van der Waals surface area (Å²) in [4.78, 5) is 16.9. The molecule has 0 aliphatic carbocycles. The molecule has 0 aromatic heterocycles. The number of ether oxygens (including phenoxy) is 2. The third kappa shape index (κ3) is 5.45. The zero-order valence-corrected chi connectivity index (χ0v) is 15.7. The minimum absolute atomic E-state index is 0.144. The minimum Gasteiger partial charge on any atom is -0.488 e. The highest BCUT2D eigenvalue weighted by Gasteiger charge is 2.31. The van der Waals surface area contributed by atoms with Gasteiger partial charge in [0.1, 0.15) is 24.6 Å². The first-order valence-electron chi connectivity index (χ1n) is 8.34. The number of piperidine rings is 1. The summed E-state index contributed by atoms with van der Waals surface area (Å²) in [5.41, 5.74) is 0.881. The highest BCUT2D eigenvalue weighted by atomic mass is 79.9. The van der Waals surface area contributed by atoms with Gasteiger partial charge in [-0.25, -0.2) is 4.79 Å². The Hall–Kier alpha value is -2.09. The van der Waals surface area contributed by atoms with Crippen LogP contribution >= 0.6 is 15.9 Å². The van der Waals surface area contributed by atoms with Crippen molar-refractivity contribution < 1.29 is 24.2 Å². The molecule has 0 amide bonds. The van der Waals surface area contributed by atoms with Crippen LogP contribution in [0, 0.1) is 0 Å². The van der Waals surface area contributed by atoms with E-state index < -0.39 is 12.3 Å². The van der Waals surface area contributed by atoms with Crippen molar-refractivity contribution in [2.75, 3.05) is 13.1 Å². The summed E-state index contributed by atoms with van der Waals surface area (Å²) in [6.07, 6.45) is -1.37. The van der Waals surface area contributed by atoms with Crippen LogP contribution in [0.4, 0.5) is 4.79 Å². The monoisotopic (exact) mass is 421 g/mol. The minimum atomic E-state index is -0.784. The van der Waals surface area contributed by atoms with Crippen LogP contribution in [0.3, 0.4) is 0 Å². The van der Waals surface area contributed by atoms with E-state index in [9.17, 15) is 9.90 Å². The van der Waals surface area contributed by atoms with Crippen LogP contribution < -0.4 is 4.74 Å². The Kier molecular flexibility index (Phi) is 6.49. The van der Waals surface area contributed by atoms with Crippen molar-refractivity contribution >= 4 is 22.1 Å². The SMILES string of the molecule is O=C(OCc1ccccc1)ON1CCC(Oc2ccc(Br)cc2)C(O)C1. The highest BCUT2D eigenvalue weighted by Crippen LogP contribution is 2.22. The van der Waals surface area contributed by atoms with E-state index in [1.165, 1.54) is 5.06 Å². The van der Waals surface area contributed by atoms with Gasteiger partial charge in [-0.3, -0.25) is 0 Å². The molecule has 26 heavy (non-hydrogen) atoms. The largest absolute Gasteiger partial charge is 0.528 e. The van der Waals surface area contributed by atoms with E-state index in [1.54, 1.807) is 0 Å². The molecule has 2 aromatic carbocycles. The normalized spacial score (nSPS) is 20.4.